The van der Waals surface area contributed by atoms with Gasteiger partial charge in [-0.05, 0) is 28.8 Å². The Bertz CT molecular complexity index is 750. The molecule has 0 amide bonds. The molecular weight excluding hydrogens is 378 g/mol. The van der Waals surface area contributed by atoms with Crippen LogP contribution in [0.3, 0.4) is 0 Å². The summed E-state index contributed by atoms with van der Waals surface area (Å²) >= 11 is 3.22. The number of nitrogens with zero attached hydrogens (tertiary/aromatic N) is 5. The lowest BCUT2D eigenvalue weighted by Gasteiger charge is -2.35. The van der Waals surface area contributed by atoms with Crippen LogP contribution in [0.5, 0.6) is 0 Å². The smallest absolute Gasteiger partial charge is 0.312 e. The van der Waals surface area contributed by atoms with Gasteiger partial charge in [0.15, 0.2) is 0 Å². The second-order valence-corrected chi connectivity index (χ2v) is 6.86. The number of halogens is 1. The summed E-state index contributed by atoms with van der Waals surface area (Å²) in [5.41, 5.74) is -0.0310. The number of nitro groups is 1. The molecule has 0 aliphatic carbocycles. The molecule has 8 nitrogen and oxygen atoms in total. The Kier molecular flexibility index (Phi) is 4.81. The maximum atomic E-state index is 11.3. The van der Waals surface area contributed by atoms with Crippen LogP contribution in [-0.2, 0) is 7.05 Å². The number of anilines is 1. The summed E-state index contributed by atoms with van der Waals surface area (Å²) in [5, 5.41) is 21.9. The molecule has 1 fully saturated rings. The van der Waals surface area contributed by atoms with E-state index in [4.69, 9.17) is 0 Å². The summed E-state index contributed by atoms with van der Waals surface area (Å²) in [4.78, 5) is 21.2. The number of piperidine rings is 1. The highest BCUT2D eigenvalue weighted by atomic mass is 79.9. The van der Waals surface area contributed by atoms with Crippen LogP contribution in [0.15, 0.2) is 29.1 Å². The molecule has 1 saturated heterocycles. The van der Waals surface area contributed by atoms with E-state index in [0.29, 0.717) is 29.2 Å². The van der Waals surface area contributed by atoms with Gasteiger partial charge in [0.2, 0.25) is 5.82 Å². The average molecular weight is 396 g/mol. The highest BCUT2D eigenvalue weighted by Crippen LogP contribution is 2.34. The third kappa shape index (κ3) is 3.27. The summed E-state index contributed by atoms with van der Waals surface area (Å²) in [6.07, 6.45) is 5.97. The van der Waals surface area contributed by atoms with Crippen molar-refractivity contribution in [3.05, 3.63) is 45.1 Å². The molecule has 128 valence electrons. The van der Waals surface area contributed by atoms with E-state index in [2.05, 4.69) is 25.9 Å². The second kappa shape index (κ2) is 6.86. The predicted molar refractivity (Wildman–Crippen MR) is 91.7 cm³/mol. The van der Waals surface area contributed by atoms with Gasteiger partial charge in [-0.2, -0.15) is 0 Å². The number of aromatic nitrogens is 3. The minimum Gasteiger partial charge on any atom is -0.385 e. The molecule has 1 aliphatic heterocycles. The maximum Gasteiger partial charge on any atom is 0.312 e. The van der Waals surface area contributed by atoms with Gasteiger partial charge in [0, 0.05) is 55.2 Å². The molecule has 0 spiro atoms. The van der Waals surface area contributed by atoms with Crippen molar-refractivity contribution < 1.29 is 10.0 Å². The van der Waals surface area contributed by atoms with E-state index in [9.17, 15) is 15.2 Å². The van der Waals surface area contributed by atoms with Gasteiger partial charge < -0.3 is 14.6 Å². The molecule has 2 atom stereocenters. The van der Waals surface area contributed by atoms with Crippen LogP contribution in [-0.4, -0.2) is 37.7 Å². The summed E-state index contributed by atoms with van der Waals surface area (Å²) < 4.78 is 2.36. The fourth-order valence-electron chi connectivity index (χ4n) is 3.13. The Morgan fingerprint density at radius 2 is 2.29 bits per heavy atom. The summed E-state index contributed by atoms with van der Waals surface area (Å²) in [6, 6.07) is 1.46. The highest BCUT2D eigenvalue weighted by molar-refractivity contribution is 9.10. The monoisotopic (exact) mass is 395 g/mol. The molecule has 1 aliphatic rings. The van der Waals surface area contributed by atoms with Gasteiger partial charge in [0.05, 0.1) is 4.92 Å². The summed E-state index contributed by atoms with van der Waals surface area (Å²) in [6.45, 7) is 1.18. The van der Waals surface area contributed by atoms with E-state index >= 15 is 0 Å². The standard InChI is InChI=1S/C15H18BrN5O3/c1-19-6-4-17-15(19)13(22)10-3-2-5-20(9-10)14-12(21(23)24)7-11(16)8-18-14/h4,6-8,10,13,22H,2-3,5,9H2,1H3. The molecule has 3 rings (SSSR count). The van der Waals surface area contributed by atoms with E-state index in [1.165, 1.54) is 6.07 Å². The molecule has 2 aromatic rings. The van der Waals surface area contributed by atoms with Crippen molar-refractivity contribution in [3.8, 4) is 0 Å². The fourth-order valence-corrected chi connectivity index (χ4v) is 3.45. The topological polar surface area (TPSA) is 97.3 Å². The van der Waals surface area contributed by atoms with Gasteiger partial charge in [0.1, 0.15) is 11.9 Å². The minimum absolute atomic E-state index is 0.0310. The SMILES string of the molecule is Cn1ccnc1C(O)C1CCCN(c2ncc(Br)cc2[N+](=O)[O-])C1. The predicted octanol–water partition coefficient (Wildman–Crippen LogP) is 2.44. The van der Waals surface area contributed by atoms with E-state index in [1.54, 1.807) is 23.2 Å². The lowest BCUT2D eigenvalue weighted by Crippen LogP contribution is -2.39. The molecule has 0 aromatic carbocycles. The van der Waals surface area contributed by atoms with E-state index in [0.717, 1.165) is 12.8 Å². The number of imidazole rings is 1. The van der Waals surface area contributed by atoms with Crippen molar-refractivity contribution in [3.63, 3.8) is 0 Å². The van der Waals surface area contributed by atoms with Crippen LogP contribution in [0.2, 0.25) is 0 Å². The van der Waals surface area contributed by atoms with Gasteiger partial charge in [-0.3, -0.25) is 10.1 Å². The Hall–Kier alpha value is -2.00. The molecule has 0 saturated carbocycles. The summed E-state index contributed by atoms with van der Waals surface area (Å²) in [7, 11) is 1.84. The lowest BCUT2D eigenvalue weighted by molar-refractivity contribution is -0.384. The third-order valence-electron chi connectivity index (χ3n) is 4.34. The number of hydrogen-bond donors (Lipinski definition) is 1. The molecule has 0 bridgehead atoms. The quantitative estimate of drug-likeness (QED) is 0.630. The number of aliphatic hydroxyl groups is 1. The first kappa shape index (κ1) is 16.8. The molecule has 0 radical (unpaired) electrons. The van der Waals surface area contributed by atoms with Gasteiger partial charge >= 0.3 is 5.69 Å². The van der Waals surface area contributed by atoms with Crippen LogP contribution in [0.25, 0.3) is 0 Å². The number of pyridine rings is 1. The molecule has 2 unspecified atom stereocenters. The molecule has 9 heteroatoms. The molecule has 2 aromatic heterocycles. The van der Waals surface area contributed by atoms with E-state index in [1.807, 2.05) is 11.9 Å². The maximum absolute atomic E-state index is 11.3. The number of aryl methyl sites for hydroxylation is 1. The first-order valence-electron chi connectivity index (χ1n) is 7.67. The van der Waals surface area contributed by atoms with Crippen molar-refractivity contribution in [2.45, 2.75) is 18.9 Å². The van der Waals surface area contributed by atoms with Crippen molar-refractivity contribution in [1.82, 2.24) is 14.5 Å². The third-order valence-corrected chi connectivity index (χ3v) is 4.77. The van der Waals surface area contributed by atoms with Crippen molar-refractivity contribution in [1.29, 1.82) is 0 Å². The zero-order chi connectivity index (χ0) is 17.3. The van der Waals surface area contributed by atoms with Crippen LogP contribution in [0.4, 0.5) is 11.5 Å². The molecule has 24 heavy (non-hydrogen) atoms. The van der Waals surface area contributed by atoms with Crippen molar-refractivity contribution >= 4 is 27.4 Å². The van der Waals surface area contributed by atoms with Crippen LogP contribution >= 0.6 is 15.9 Å². The first-order valence-corrected chi connectivity index (χ1v) is 8.47. The Morgan fingerprint density at radius 1 is 1.50 bits per heavy atom. The minimum atomic E-state index is -0.706. The first-order chi connectivity index (χ1) is 11.5. The summed E-state index contributed by atoms with van der Waals surface area (Å²) in [5.74, 6) is 0.907. The van der Waals surface area contributed by atoms with Gasteiger partial charge in [-0.25, -0.2) is 9.97 Å². The van der Waals surface area contributed by atoms with Gasteiger partial charge in [-0.15, -0.1) is 0 Å². The van der Waals surface area contributed by atoms with Crippen molar-refractivity contribution in [2.24, 2.45) is 13.0 Å². The largest absolute Gasteiger partial charge is 0.385 e. The number of aliphatic hydroxyl groups excluding tert-OH is 1. The Morgan fingerprint density at radius 3 is 2.96 bits per heavy atom. The van der Waals surface area contributed by atoms with Gasteiger partial charge in [0.25, 0.3) is 0 Å². The zero-order valence-electron chi connectivity index (χ0n) is 13.2. The Balaban J connectivity index is 1.84. The van der Waals surface area contributed by atoms with Crippen LogP contribution in [0, 0.1) is 16.0 Å². The Labute approximate surface area is 147 Å². The normalized spacial score (nSPS) is 19.3. The molecule has 3 heterocycles. The molecule has 1 N–H and O–H groups in total. The number of hydrogen-bond acceptors (Lipinski definition) is 6. The van der Waals surface area contributed by atoms with E-state index in [-0.39, 0.29) is 11.6 Å². The van der Waals surface area contributed by atoms with Crippen LogP contribution < -0.4 is 4.90 Å². The molecular formula is C15H18BrN5O3. The average Bonchev–Trinajstić information content (AvgIpc) is 3.00. The highest BCUT2D eigenvalue weighted by Gasteiger charge is 2.32. The van der Waals surface area contributed by atoms with Crippen molar-refractivity contribution in [2.75, 3.05) is 18.0 Å². The van der Waals surface area contributed by atoms with Crippen LogP contribution in [0.1, 0.15) is 24.8 Å². The lowest BCUT2D eigenvalue weighted by atomic mass is 9.92. The zero-order valence-corrected chi connectivity index (χ0v) is 14.8. The van der Waals surface area contributed by atoms with Gasteiger partial charge in [-0.1, -0.05) is 0 Å². The second-order valence-electron chi connectivity index (χ2n) is 5.94. The number of rotatable bonds is 4. The fraction of sp³-hybridized carbons (Fsp3) is 0.467. The van der Waals surface area contributed by atoms with E-state index < -0.39 is 11.0 Å².